The summed E-state index contributed by atoms with van der Waals surface area (Å²) in [4.78, 5) is 15.5. The van der Waals surface area contributed by atoms with E-state index >= 15 is 0 Å². The lowest BCUT2D eigenvalue weighted by Gasteiger charge is -2.23. The van der Waals surface area contributed by atoms with Crippen molar-refractivity contribution in [1.29, 1.82) is 0 Å². The molecule has 3 nitrogen and oxygen atoms in total. The Hall–Kier alpha value is -0.520. The van der Waals surface area contributed by atoms with Crippen molar-refractivity contribution in [3.05, 3.63) is 21.9 Å². The Morgan fingerprint density at radius 3 is 2.89 bits per heavy atom. The van der Waals surface area contributed by atoms with Crippen molar-refractivity contribution in [2.75, 3.05) is 20.3 Å². The van der Waals surface area contributed by atoms with Gasteiger partial charge in [-0.25, -0.2) is 0 Å². The summed E-state index contributed by atoms with van der Waals surface area (Å²) in [6.45, 7) is 5.61. The van der Waals surface area contributed by atoms with Gasteiger partial charge in [0.1, 0.15) is 5.37 Å². The first-order valence-corrected chi connectivity index (χ1v) is 7.96. The maximum absolute atomic E-state index is 12.2. The first-order chi connectivity index (χ1) is 8.65. The molecule has 0 bridgehead atoms. The summed E-state index contributed by atoms with van der Waals surface area (Å²) in [5.41, 5.74) is 1.29. The van der Waals surface area contributed by atoms with Gasteiger partial charge >= 0.3 is 0 Å². The fourth-order valence-corrected chi connectivity index (χ4v) is 4.68. The van der Waals surface area contributed by atoms with Gasteiger partial charge in [0, 0.05) is 25.1 Å². The predicted octanol–water partition coefficient (Wildman–Crippen LogP) is 3.06. The topological polar surface area (TPSA) is 29.5 Å². The third-order valence-electron chi connectivity index (χ3n) is 3.12. The molecule has 0 aromatic carbocycles. The second kappa shape index (κ2) is 6.08. The lowest BCUT2D eigenvalue weighted by atomic mass is 10.2. The maximum atomic E-state index is 12.2. The van der Waals surface area contributed by atoms with Crippen LogP contribution < -0.4 is 0 Å². The number of rotatable bonds is 5. The molecule has 1 aromatic rings. The van der Waals surface area contributed by atoms with Gasteiger partial charge in [-0.15, -0.1) is 23.1 Å². The molecule has 18 heavy (non-hydrogen) atoms. The number of methoxy groups -OCH3 is 1. The summed E-state index contributed by atoms with van der Waals surface area (Å²) in [5, 5.41) is 2.37. The molecule has 1 aromatic heterocycles. The molecular formula is C13H19NO2S2. The first kappa shape index (κ1) is 13.9. The van der Waals surface area contributed by atoms with E-state index in [2.05, 4.69) is 18.4 Å². The molecule has 1 fully saturated rings. The summed E-state index contributed by atoms with van der Waals surface area (Å²) >= 11 is 3.51. The minimum absolute atomic E-state index is 0.0686. The quantitative estimate of drug-likeness (QED) is 0.779. The molecule has 0 spiro atoms. The summed E-state index contributed by atoms with van der Waals surface area (Å²) in [6.07, 6.45) is 0.899. The van der Waals surface area contributed by atoms with Crippen molar-refractivity contribution in [2.24, 2.45) is 0 Å². The van der Waals surface area contributed by atoms with Gasteiger partial charge < -0.3 is 9.64 Å². The van der Waals surface area contributed by atoms with Crippen molar-refractivity contribution in [3.8, 4) is 0 Å². The summed E-state index contributed by atoms with van der Waals surface area (Å²) < 4.78 is 5.07. The molecule has 1 aliphatic rings. The molecule has 5 heteroatoms. The average molecular weight is 285 g/mol. The molecule has 1 saturated heterocycles. The van der Waals surface area contributed by atoms with Crippen molar-refractivity contribution < 1.29 is 9.53 Å². The maximum Gasteiger partial charge on any atom is 0.236 e. The number of aryl methyl sites for hydroxylation is 1. The molecule has 0 radical (unpaired) electrons. The van der Waals surface area contributed by atoms with Crippen molar-refractivity contribution in [1.82, 2.24) is 4.90 Å². The van der Waals surface area contributed by atoms with Crippen LogP contribution in [0.2, 0.25) is 0 Å². The van der Waals surface area contributed by atoms with Crippen LogP contribution in [-0.2, 0) is 9.53 Å². The third kappa shape index (κ3) is 2.73. The Morgan fingerprint density at radius 2 is 2.28 bits per heavy atom. The van der Waals surface area contributed by atoms with Gasteiger partial charge in [0.25, 0.3) is 0 Å². The second-order valence-corrected chi connectivity index (χ2v) is 6.85. The van der Waals surface area contributed by atoms with E-state index in [-0.39, 0.29) is 16.5 Å². The fraction of sp³-hybridized carbons (Fsp3) is 0.615. The van der Waals surface area contributed by atoms with E-state index in [1.54, 1.807) is 30.2 Å². The lowest BCUT2D eigenvalue weighted by molar-refractivity contribution is -0.129. The molecule has 2 rings (SSSR count). The van der Waals surface area contributed by atoms with Crippen LogP contribution in [-0.4, -0.2) is 36.3 Å². The van der Waals surface area contributed by atoms with Crippen LogP contribution in [0.3, 0.4) is 0 Å². The van der Waals surface area contributed by atoms with Gasteiger partial charge in [0.15, 0.2) is 0 Å². The number of hydrogen-bond acceptors (Lipinski definition) is 4. The number of hydrogen-bond donors (Lipinski definition) is 0. The molecule has 2 heterocycles. The largest absolute Gasteiger partial charge is 0.385 e. The molecule has 0 saturated carbocycles. The van der Waals surface area contributed by atoms with Gasteiger partial charge in [-0.2, -0.15) is 0 Å². The van der Waals surface area contributed by atoms with Crippen molar-refractivity contribution in [3.63, 3.8) is 0 Å². The third-order valence-corrected chi connectivity index (χ3v) is 5.70. The van der Waals surface area contributed by atoms with Crippen LogP contribution in [0.25, 0.3) is 0 Å². The van der Waals surface area contributed by atoms with Crippen molar-refractivity contribution >= 4 is 29.0 Å². The van der Waals surface area contributed by atoms with Gasteiger partial charge in [-0.3, -0.25) is 4.79 Å². The smallest absolute Gasteiger partial charge is 0.236 e. The molecule has 2 unspecified atom stereocenters. The van der Waals surface area contributed by atoms with Gasteiger partial charge in [-0.05, 0) is 37.3 Å². The highest BCUT2D eigenvalue weighted by Gasteiger charge is 2.39. The van der Waals surface area contributed by atoms with Gasteiger partial charge in [0.2, 0.25) is 5.91 Å². The van der Waals surface area contributed by atoms with Crippen LogP contribution >= 0.6 is 23.1 Å². The van der Waals surface area contributed by atoms with E-state index in [1.807, 2.05) is 11.8 Å². The van der Waals surface area contributed by atoms with Gasteiger partial charge in [-0.1, -0.05) is 0 Å². The van der Waals surface area contributed by atoms with Crippen LogP contribution in [0.4, 0.5) is 0 Å². The van der Waals surface area contributed by atoms with Crippen LogP contribution in [0, 0.1) is 6.92 Å². The second-order valence-electron chi connectivity index (χ2n) is 4.48. The molecular weight excluding hydrogens is 266 g/mol. The van der Waals surface area contributed by atoms with E-state index in [0.717, 1.165) is 13.0 Å². The SMILES string of the molecule is COCCCN1C(=O)C(C)SC1c1sccc1C. The van der Waals surface area contributed by atoms with E-state index < -0.39 is 0 Å². The van der Waals surface area contributed by atoms with E-state index in [0.29, 0.717) is 6.61 Å². The standard InChI is InChI=1S/C13H19NO2S2/c1-9-5-8-17-11(9)13-14(6-4-7-16-3)12(15)10(2)18-13/h5,8,10,13H,4,6-7H2,1-3H3. The highest BCUT2D eigenvalue weighted by atomic mass is 32.2. The lowest BCUT2D eigenvalue weighted by Crippen LogP contribution is -2.31. The Kier molecular flexibility index (Phi) is 4.70. The molecule has 0 aliphatic carbocycles. The molecule has 0 N–H and O–H groups in total. The Labute approximate surface area is 117 Å². The van der Waals surface area contributed by atoms with E-state index in [1.165, 1.54) is 10.4 Å². The number of ether oxygens (including phenoxy) is 1. The first-order valence-electron chi connectivity index (χ1n) is 6.14. The van der Waals surface area contributed by atoms with Crippen LogP contribution in [0.1, 0.15) is 29.2 Å². The predicted molar refractivity (Wildman–Crippen MR) is 77.1 cm³/mol. The van der Waals surface area contributed by atoms with Crippen molar-refractivity contribution in [2.45, 2.75) is 30.9 Å². The number of nitrogens with zero attached hydrogens (tertiary/aromatic N) is 1. The monoisotopic (exact) mass is 285 g/mol. The summed E-state index contributed by atoms with van der Waals surface area (Å²) in [7, 11) is 1.70. The minimum atomic E-state index is 0.0686. The summed E-state index contributed by atoms with van der Waals surface area (Å²) in [5.74, 6) is 0.258. The Morgan fingerprint density at radius 1 is 1.50 bits per heavy atom. The van der Waals surface area contributed by atoms with Crippen LogP contribution in [0.15, 0.2) is 11.4 Å². The molecule has 1 amide bonds. The normalized spacial score (nSPS) is 23.9. The number of thioether (sulfide) groups is 1. The number of carbonyl (C=O) groups excluding carboxylic acids is 1. The van der Waals surface area contributed by atoms with Crippen LogP contribution in [0.5, 0.6) is 0 Å². The zero-order valence-corrected chi connectivity index (χ0v) is 12.6. The zero-order valence-electron chi connectivity index (χ0n) is 11.0. The summed E-state index contributed by atoms with van der Waals surface area (Å²) in [6, 6.07) is 2.13. The number of carbonyl (C=O) groups is 1. The number of amides is 1. The number of thiophene rings is 1. The molecule has 1 aliphatic heterocycles. The zero-order chi connectivity index (χ0) is 13.1. The van der Waals surface area contributed by atoms with Gasteiger partial charge in [0.05, 0.1) is 5.25 Å². The highest BCUT2D eigenvalue weighted by Crippen LogP contribution is 2.45. The average Bonchev–Trinajstić information content (AvgIpc) is 2.87. The van der Waals surface area contributed by atoms with E-state index in [9.17, 15) is 4.79 Å². The molecule has 100 valence electrons. The molecule has 2 atom stereocenters. The minimum Gasteiger partial charge on any atom is -0.385 e. The highest BCUT2D eigenvalue weighted by molar-refractivity contribution is 8.01. The Bertz CT molecular complexity index is 419. The fourth-order valence-electron chi connectivity index (χ4n) is 2.12. The van der Waals surface area contributed by atoms with E-state index in [4.69, 9.17) is 4.74 Å². The Balaban J connectivity index is 2.12.